The van der Waals surface area contributed by atoms with Gasteiger partial charge in [-0.1, -0.05) is 35.9 Å². The van der Waals surface area contributed by atoms with E-state index >= 15 is 0 Å². The fourth-order valence-electron chi connectivity index (χ4n) is 2.13. The molecule has 6 heteroatoms. The summed E-state index contributed by atoms with van der Waals surface area (Å²) >= 11 is 6.12. The average molecular weight is 314 g/mol. The van der Waals surface area contributed by atoms with Crippen LogP contribution in [0.4, 0.5) is 5.69 Å². The zero-order valence-electron chi connectivity index (χ0n) is 11.5. The highest BCUT2D eigenvalue weighted by Gasteiger charge is 2.13. The SMILES string of the molecule is O=C(Nc1cnccc1CO)c1cc2ccccc2c(Cl)n1. The highest BCUT2D eigenvalue weighted by molar-refractivity contribution is 6.34. The molecule has 0 spiro atoms. The molecule has 0 radical (unpaired) electrons. The summed E-state index contributed by atoms with van der Waals surface area (Å²) in [7, 11) is 0. The summed E-state index contributed by atoms with van der Waals surface area (Å²) in [5.41, 5.74) is 1.23. The number of benzene rings is 1. The second-order valence-corrected chi connectivity index (χ2v) is 5.02. The summed E-state index contributed by atoms with van der Waals surface area (Å²) in [4.78, 5) is 20.4. The van der Waals surface area contributed by atoms with E-state index in [4.69, 9.17) is 11.6 Å². The van der Waals surface area contributed by atoms with Crippen molar-refractivity contribution < 1.29 is 9.90 Å². The lowest BCUT2D eigenvalue weighted by Gasteiger charge is -2.09. The maximum absolute atomic E-state index is 12.3. The van der Waals surface area contributed by atoms with Gasteiger partial charge in [0.25, 0.3) is 5.91 Å². The first kappa shape index (κ1) is 14.4. The number of nitrogens with one attached hydrogen (secondary N) is 1. The Bertz CT molecular complexity index is 852. The highest BCUT2D eigenvalue weighted by atomic mass is 35.5. The topological polar surface area (TPSA) is 75.1 Å². The molecule has 0 atom stereocenters. The summed E-state index contributed by atoms with van der Waals surface area (Å²) in [6, 6.07) is 10.7. The molecule has 2 N–H and O–H groups in total. The first-order chi connectivity index (χ1) is 10.7. The van der Waals surface area contributed by atoms with E-state index in [1.54, 1.807) is 18.3 Å². The van der Waals surface area contributed by atoms with Gasteiger partial charge in [0.1, 0.15) is 10.8 Å². The van der Waals surface area contributed by atoms with E-state index in [1.807, 2.05) is 24.3 Å². The van der Waals surface area contributed by atoms with Crippen molar-refractivity contribution >= 4 is 34.0 Å². The van der Waals surface area contributed by atoms with Crippen LogP contribution in [0, 0.1) is 0 Å². The minimum absolute atomic E-state index is 0.190. The summed E-state index contributed by atoms with van der Waals surface area (Å²) in [6.07, 6.45) is 3.03. The van der Waals surface area contributed by atoms with Gasteiger partial charge in [-0.2, -0.15) is 0 Å². The minimum atomic E-state index is -0.407. The van der Waals surface area contributed by atoms with Crippen molar-refractivity contribution in [3.63, 3.8) is 0 Å². The number of carbonyl (C=O) groups excluding carboxylic acids is 1. The maximum atomic E-state index is 12.3. The molecule has 3 rings (SSSR count). The minimum Gasteiger partial charge on any atom is -0.392 e. The number of aliphatic hydroxyl groups is 1. The molecule has 0 unspecified atom stereocenters. The van der Waals surface area contributed by atoms with E-state index < -0.39 is 5.91 Å². The molecule has 0 saturated carbocycles. The van der Waals surface area contributed by atoms with Crippen molar-refractivity contribution in [3.8, 4) is 0 Å². The molecule has 1 amide bonds. The number of amides is 1. The number of hydrogen-bond donors (Lipinski definition) is 2. The number of aliphatic hydroxyl groups excluding tert-OH is 1. The second-order valence-electron chi connectivity index (χ2n) is 4.66. The van der Waals surface area contributed by atoms with Gasteiger partial charge in [0.15, 0.2) is 0 Å². The third-order valence-corrected chi connectivity index (χ3v) is 3.54. The van der Waals surface area contributed by atoms with Crippen molar-refractivity contribution in [3.05, 3.63) is 65.2 Å². The van der Waals surface area contributed by atoms with Gasteiger partial charge in [0.2, 0.25) is 0 Å². The van der Waals surface area contributed by atoms with Crippen molar-refractivity contribution in [2.75, 3.05) is 5.32 Å². The van der Waals surface area contributed by atoms with Crippen molar-refractivity contribution in [1.29, 1.82) is 0 Å². The predicted molar refractivity (Wildman–Crippen MR) is 84.9 cm³/mol. The lowest BCUT2D eigenvalue weighted by molar-refractivity contribution is 0.102. The van der Waals surface area contributed by atoms with Gasteiger partial charge in [0, 0.05) is 17.1 Å². The quantitative estimate of drug-likeness (QED) is 0.729. The fourth-order valence-corrected chi connectivity index (χ4v) is 2.40. The number of rotatable bonds is 3. The molecule has 5 nitrogen and oxygen atoms in total. The molecule has 0 fully saturated rings. The van der Waals surface area contributed by atoms with E-state index in [0.29, 0.717) is 11.3 Å². The number of hydrogen-bond acceptors (Lipinski definition) is 4. The zero-order chi connectivity index (χ0) is 15.5. The predicted octanol–water partition coefficient (Wildman–Crippen LogP) is 3.03. The number of anilines is 1. The Kier molecular flexibility index (Phi) is 4.00. The molecule has 1 aromatic carbocycles. The number of carbonyl (C=O) groups is 1. The second kappa shape index (κ2) is 6.09. The molecule has 2 aromatic heterocycles. The molecule has 0 aliphatic rings. The van der Waals surface area contributed by atoms with Crippen LogP contribution < -0.4 is 5.32 Å². The molecule has 22 heavy (non-hydrogen) atoms. The van der Waals surface area contributed by atoms with Gasteiger partial charge in [-0.25, -0.2) is 4.98 Å². The van der Waals surface area contributed by atoms with Crippen LogP contribution in [0.3, 0.4) is 0 Å². The van der Waals surface area contributed by atoms with E-state index in [2.05, 4.69) is 15.3 Å². The molecule has 0 aliphatic heterocycles. The summed E-state index contributed by atoms with van der Waals surface area (Å²) in [5, 5.41) is 13.9. The Morgan fingerprint density at radius 1 is 1.27 bits per heavy atom. The van der Waals surface area contributed by atoms with Crippen LogP contribution in [-0.2, 0) is 6.61 Å². The van der Waals surface area contributed by atoms with E-state index in [0.717, 1.165) is 10.8 Å². The first-order valence-electron chi connectivity index (χ1n) is 6.59. The van der Waals surface area contributed by atoms with Gasteiger partial charge in [0.05, 0.1) is 18.5 Å². The van der Waals surface area contributed by atoms with Gasteiger partial charge < -0.3 is 10.4 Å². The molecule has 3 aromatic rings. The lowest BCUT2D eigenvalue weighted by Crippen LogP contribution is -2.15. The largest absolute Gasteiger partial charge is 0.392 e. The molecular formula is C16H12ClN3O2. The third kappa shape index (κ3) is 2.77. The smallest absolute Gasteiger partial charge is 0.274 e. The van der Waals surface area contributed by atoms with Gasteiger partial charge in [-0.05, 0) is 17.5 Å². The van der Waals surface area contributed by atoms with Crippen LogP contribution in [0.2, 0.25) is 5.15 Å². The molecule has 0 saturated heterocycles. The zero-order valence-corrected chi connectivity index (χ0v) is 12.2. The summed E-state index contributed by atoms with van der Waals surface area (Å²) in [6.45, 7) is -0.190. The first-order valence-corrected chi connectivity index (χ1v) is 6.97. The highest BCUT2D eigenvalue weighted by Crippen LogP contribution is 2.23. The van der Waals surface area contributed by atoms with E-state index in [9.17, 15) is 9.90 Å². The fraction of sp³-hybridized carbons (Fsp3) is 0.0625. The third-order valence-electron chi connectivity index (χ3n) is 3.26. The molecular weight excluding hydrogens is 302 g/mol. The Morgan fingerprint density at radius 3 is 2.91 bits per heavy atom. The average Bonchev–Trinajstić information content (AvgIpc) is 2.55. The Morgan fingerprint density at radius 2 is 2.09 bits per heavy atom. The molecule has 110 valence electrons. The van der Waals surface area contributed by atoms with Crippen LogP contribution >= 0.6 is 11.6 Å². The van der Waals surface area contributed by atoms with Crippen LogP contribution in [0.25, 0.3) is 10.8 Å². The van der Waals surface area contributed by atoms with E-state index in [-0.39, 0.29) is 17.5 Å². The van der Waals surface area contributed by atoms with Crippen molar-refractivity contribution in [2.45, 2.75) is 6.61 Å². The number of halogens is 1. The molecule has 2 heterocycles. The van der Waals surface area contributed by atoms with Crippen LogP contribution in [-0.4, -0.2) is 21.0 Å². The van der Waals surface area contributed by atoms with Crippen molar-refractivity contribution in [2.24, 2.45) is 0 Å². The van der Waals surface area contributed by atoms with Crippen LogP contribution in [0.15, 0.2) is 48.8 Å². The number of fused-ring (bicyclic) bond motifs is 1. The van der Waals surface area contributed by atoms with Gasteiger partial charge >= 0.3 is 0 Å². The normalized spacial score (nSPS) is 10.6. The molecule has 0 bridgehead atoms. The standard InChI is InChI=1S/C16H12ClN3O2/c17-15-12-4-2-1-3-10(12)7-13(19-15)16(22)20-14-8-18-6-5-11(14)9-21/h1-8,21H,9H2,(H,20,22). The van der Waals surface area contributed by atoms with Crippen LogP contribution in [0.1, 0.15) is 16.1 Å². The Hall–Kier alpha value is -2.50. The number of aromatic nitrogens is 2. The summed E-state index contributed by atoms with van der Waals surface area (Å²) in [5.74, 6) is -0.407. The van der Waals surface area contributed by atoms with Crippen molar-refractivity contribution in [1.82, 2.24) is 9.97 Å². The maximum Gasteiger partial charge on any atom is 0.274 e. The monoisotopic (exact) mass is 313 g/mol. The lowest BCUT2D eigenvalue weighted by atomic mass is 10.1. The molecule has 0 aliphatic carbocycles. The summed E-state index contributed by atoms with van der Waals surface area (Å²) < 4.78 is 0. The number of nitrogens with zero attached hydrogens (tertiary/aromatic N) is 2. The number of pyridine rings is 2. The Balaban J connectivity index is 1.95. The van der Waals surface area contributed by atoms with Gasteiger partial charge in [-0.3, -0.25) is 9.78 Å². The van der Waals surface area contributed by atoms with E-state index in [1.165, 1.54) is 6.20 Å². The van der Waals surface area contributed by atoms with Gasteiger partial charge in [-0.15, -0.1) is 0 Å². The Labute approximate surface area is 131 Å². The van der Waals surface area contributed by atoms with Crippen LogP contribution in [0.5, 0.6) is 0 Å².